The predicted octanol–water partition coefficient (Wildman–Crippen LogP) is 1.01. The normalized spacial score (nSPS) is 15.1. The lowest BCUT2D eigenvalue weighted by atomic mass is 10.1. The lowest BCUT2D eigenvalue weighted by Gasteiger charge is -2.28. The summed E-state index contributed by atoms with van der Waals surface area (Å²) in [5.74, 6) is 0. The molecule has 2 rings (SSSR count). The largest absolute Gasteiger partial charge is 0.372 e. The second kappa shape index (κ2) is 6.81. The summed E-state index contributed by atoms with van der Waals surface area (Å²) in [6.45, 7) is 2.48. The van der Waals surface area contributed by atoms with E-state index in [0.29, 0.717) is 0 Å². The van der Waals surface area contributed by atoms with E-state index in [-0.39, 0.29) is 5.34 Å². The lowest BCUT2D eigenvalue weighted by Crippen LogP contribution is -2.53. The second-order valence-corrected chi connectivity index (χ2v) is 3.47. The highest BCUT2D eigenvalue weighted by Gasteiger charge is 2.09. The fourth-order valence-electron chi connectivity index (χ4n) is 1.79. The van der Waals surface area contributed by atoms with E-state index < -0.39 is 0 Å². The van der Waals surface area contributed by atoms with Crippen LogP contribution < -0.4 is 10.2 Å². The molecule has 0 saturated carbocycles. The topological polar surface area (TPSA) is 57.3 Å². The van der Waals surface area contributed by atoms with Crippen molar-refractivity contribution in [2.75, 3.05) is 18.0 Å². The van der Waals surface area contributed by atoms with Gasteiger partial charge in [-0.1, -0.05) is 18.2 Å². The summed E-state index contributed by atoms with van der Waals surface area (Å²) in [5, 5.41) is 8.38. The second-order valence-electron chi connectivity index (χ2n) is 3.47. The quantitative estimate of drug-likeness (QED) is 0.553. The monoisotopic (exact) mass is 208 g/mol. The third kappa shape index (κ3) is 3.97. The molecule has 0 bridgehead atoms. The Morgan fingerprint density at radius 3 is 2.13 bits per heavy atom. The molecule has 0 unspecified atom stereocenters. The van der Waals surface area contributed by atoms with Crippen LogP contribution in [0.5, 0.6) is 0 Å². The van der Waals surface area contributed by atoms with Gasteiger partial charge in [0.15, 0.2) is 0 Å². The molecular formula is C11H16N2O2. The Morgan fingerprint density at radius 1 is 1.07 bits per heavy atom. The Morgan fingerprint density at radius 2 is 1.60 bits per heavy atom. The maximum Gasteiger partial charge on any atom is 0.0366 e. The summed E-state index contributed by atoms with van der Waals surface area (Å²) in [7, 11) is 0. The molecule has 4 heteroatoms. The molecular weight excluding hydrogens is 192 g/mol. The maximum atomic E-state index is 8.12. The van der Waals surface area contributed by atoms with Crippen molar-refractivity contribution >= 4 is 5.69 Å². The molecule has 0 atom stereocenters. The third-order valence-electron chi connectivity index (χ3n) is 2.48. The SMILES string of the molecule is O=[NH+][O-].c1ccc(N2CCCCC2)cc1. The van der Waals surface area contributed by atoms with Gasteiger partial charge in [0.25, 0.3) is 0 Å². The molecule has 1 aromatic rings. The van der Waals surface area contributed by atoms with E-state index in [0.717, 1.165) is 0 Å². The van der Waals surface area contributed by atoms with Crippen molar-refractivity contribution < 1.29 is 5.34 Å². The van der Waals surface area contributed by atoms with Crippen molar-refractivity contribution in [1.82, 2.24) is 0 Å². The van der Waals surface area contributed by atoms with Gasteiger partial charge in [0.1, 0.15) is 0 Å². The molecule has 1 aliphatic rings. The van der Waals surface area contributed by atoms with Gasteiger partial charge in [-0.2, -0.15) is 0 Å². The summed E-state index contributed by atoms with van der Waals surface area (Å²) in [6.07, 6.45) is 4.12. The molecule has 1 N–H and O–H groups in total. The number of nitrogens with zero attached hydrogens (tertiary/aromatic N) is 1. The van der Waals surface area contributed by atoms with E-state index in [1.54, 1.807) is 0 Å². The van der Waals surface area contributed by atoms with Crippen molar-refractivity contribution in [3.8, 4) is 0 Å². The van der Waals surface area contributed by atoms with Gasteiger partial charge in [-0.3, -0.25) is 10.1 Å². The van der Waals surface area contributed by atoms with E-state index in [9.17, 15) is 0 Å². The Balaban J connectivity index is 0.000000337. The van der Waals surface area contributed by atoms with E-state index in [2.05, 4.69) is 35.2 Å². The highest BCUT2D eigenvalue weighted by atomic mass is 16.6. The first-order valence-electron chi connectivity index (χ1n) is 5.17. The predicted molar refractivity (Wildman–Crippen MR) is 60.2 cm³/mol. The zero-order valence-corrected chi connectivity index (χ0v) is 8.69. The average molecular weight is 208 g/mol. The molecule has 1 fully saturated rings. The number of para-hydroxylation sites is 1. The molecule has 1 aromatic carbocycles. The zero-order chi connectivity index (χ0) is 10.9. The van der Waals surface area contributed by atoms with Gasteiger partial charge in [-0.05, 0) is 31.4 Å². The zero-order valence-electron chi connectivity index (χ0n) is 8.69. The molecule has 4 nitrogen and oxygen atoms in total. The van der Waals surface area contributed by atoms with Crippen molar-refractivity contribution in [3.63, 3.8) is 0 Å². The molecule has 15 heavy (non-hydrogen) atoms. The number of nitrogens with one attached hydrogen (secondary N) is 1. The Kier molecular flexibility index (Phi) is 5.22. The summed E-state index contributed by atoms with van der Waals surface area (Å²) in [4.78, 5) is 10.6. The lowest BCUT2D eigenvalue weighted by molar-refractivity contribution is -0.398. The van der Waals surface area contributed by atoms with Gasteiger partial charge in [0.05, 0.1) is 0 Å². The number of rotatable bonds is 1. The Bertz CT molecular complexity index is 271. The molecule has 0 spiro atoms. The van der Waals surface area contributed by atoms with Gasteiger partial charge >= 0.3 is 0 Å². The number of piperidine rings is 1. The fourth-order valence-corrected chi connectivity index (χ4v) is 1.79. The van der Waals surface area contributed by atoms with E-state index >= 15 is 0 Å². The van der Waals surface area contributed by atoms with Gasteiger partial charge in [0, 0.05) is 24.1 Å². The summed E-state index contributed by atoms with van der Waals surface area (Å²) in [6, 6.07) is 10.7. The van der Waals surface area contributed by atoms with Crippen LogP contribution in [0.2, 0.25) is 0 Å². The smallest absolute Gasteiger partial charge is 0.0366 e. The summed E-state index contributed by atoms with van der Waals surface area (Å²) in [5.41, 5.74) is 1.39. The van der Waals surface area contributed by atoms with Crippen LogP contribution in [0.1, 0.15) is 19.3 Å². The van der Waals surface area contributed by atoms with E-state index in [1.165, 1.54) is 38.0 Å². The van der Waals surface area contributed by atoms with Crippen molar-refractivity contribution in [1.29, 1.82) is 0 Å². The van der Waals surface area contributed by atoms with Gasteiger partial charge in [0.2, 0.25) is 0 Å². The maximum absolute atomic E-state index is 8.12. The van der Waals surface area contributed by atoms with Gasteiger partial charge in [-0.25, -0.2) is 0 Å². The molecule has 0 amide bonds. The first-order valence-corrected chi connectivity index (χ1v) is 5.17. The molecule has 82 valence electrons. The van der Waals surface area contributed by atoms with Crippen LogP contribution in [0.15, 0.2) is 30.3 Å². The minimum Gasteiger partial charge on any atom is -0.372 e. The van der Waals surface area contributed by atoms with Gasteiger partial charge in [-0.15, -0.1) is 0 Å². The Labute approximate surface area is 89.5 Å². The molecule has 1 saturated heterocycles. The number of hydrogen-bond donors (Lipinski definition) is 1. The van der Waals surface area contributed by atoms with E-state index in [1.807, 2.05) is 0 Å². The number of benzene rings is 1. The fraction of sp³-hybridized carbons (Fsp3) is 0.455. The molecule has 1 aliphatic heterocycles. The van der Waals surface area contributed by atoms with Crippen molar-refractivity contribution in [2.24, 2.45) is 0 Å². The first kappa shape index (κ1) is 11.5. The van der Waals surface area contributed by atoms with Crippen LogP contribution in [0, 0.1) is 10.1 Å². The number of anilines is 1. The average Bonchev–Trinajstić information content (AvgIpc) is 2.32. The minimum atomic E-state index is 0.250. The van der Waals surface area contributed by atoms with Crippen LogP contribution in [0.4, 0.5) is 5.69 Å². The van der Waals surface area contributed by atoms with Crippen LogP contribution >= 0.6 is 0 Å². The molecule has 0 aliphatic carbocycles. The van der Waals surface area contributed by atoms with Gasteiger partial charge < -0.3 is 4.90 Å². The molecule has 1 heterocycles. The molecule has 0 aromatic heterocycles. The van der Waals surface area contributed by atoms with Crippen LogP contribution in [-0.4, -0.2) is 13.1 Å². The highest BCUT2D eigenvalue weighted by molar-refractivity contribution is 5.46. The van der Waals surface area contributed by atoms with E-state index in [4.69, 9.17) is 10.1 Å². The standard InChI is InChI=1S/C11H15N.HNO2/c1-3-7-11(8-4-1)12-9-5-2-6-10-12;2-1-3/h1,3-4,7-8H,2,5-6,9-10H2;1H. The summed E-state index contributed by atoms with van der Waals surface area (Å²) < 4.78 is 0. The highest BCUT2D eigenvalue weighted by Crippen LogP contribution is 2.18. The van der Waals surface area contributed by atoms with Crippen LogP contribution in [-0.2, 0) is 0 Å². The summed E-state index contributed by atoms with van der Waals surface area (Å²) >= 11 is 0. The van der Waals surface area contributed by atoms with Crippen molar-refractivity contribution in [2.45, 2.75) is 19.3 Å². The minimum absolute atomic E-state index is 0.250. The first-order chi connectivity index (χ1) is 7.38. The Hall–Kier alpha value is -1.58. The van der Waals surface area contributed by atoms with Crippen LogP contribution in [0.3, 0.4) is 0 Å². The third-order valence-corrected chi connectivity index (χ3v) is 2.48. The number of hydrogen-bond acceptors (Lipinski definition) is 3. The van der Waals surface area contributed by atoms with Crippen LogP contribution in [0.25, 0.3) is 0 Å². The van der Waals surface area contributed by atoms with Crippen molar-refractivity contribution in [3.05, 3.63) is 40.4 Å². The molecule has 0 radical (unpaired) electrons.